The summed E-state index contributed by atoms with van der Waals surface area (Å²) in [5.41, 5.74) is 0.671. The molecule has 0 spiro atoms. The maximum atomic E-state index is 14.6. The summed E-state index contributed by atoms with van der Waals surface area (Å²) in [6.07, 6.45) is 7.31. The van der Waals surface area contributed by atoms with E-state index in [-0.39, 0.29) is 15.7 Å². The Balaban J connectivity index is 1.45. The summed E-state index contributed by atoms with van der Waals surface area (Å²) in [6, 6.07) is 2.29. The van der Waals surface area contributed by atoms with Crippen molar-refractivity contribution >= 4 is 43.8 Å². The molecule has 1 aromatic carbocycles. The molecule has 10 heteroatoms. The summed E-state index contributed by atoms with van der Waals surface area (Å²) in [5, 5.41) is 5.17. The molecule has 2 aliphatic heterocycles. The van der Waals surface area contributed by atoms with Crippen LogP contribution in [0.3, 0.4) is 0 Å². The number of hydrogen-bond acceptors (Lipinski definition) is 6. The Morgan fingerprint density at radius 1 is 1.29 bits per heavy atom. The van der Waals surface area contributed by atoms with Crippen LogP contribution < -0.4 is 10.0 Å². The van der Waals surface area contributed by atoms with Crippen LogP contribution in [0.15, 0.2) is 28.6 Å². The molecule has 3 heterocycles. The fraction of sp³-hybridized carbons (Fsp3) is 0.500. The molecule has 2 aliphatic rings. The largest absolute Gasteiger partial charge is 0.384 e. The van der Waals surface area contributed by atoms with Gasteiger partial charge in [0.1, 0.15) is 10.7 Å². The molecule has 0 atom stereocenters. The summed E-state index contributed by atoms with van der Waals surface area (Å²) >= 11 is 7.36. The van der Waals surface area contributed by atoms with Crippen LogP contribution in [0.2, 0.25) is 5.02 Å². The van der Waals surface area contributed by atoms with Crippen molar-refractivity contribution in [2.75, 3.05) is 29.7 Å². The van der Waals surface area contributed by atoms with Gasteiger partial charge in [-0.25, -0.2) is 17.8 Å². The van der Waals surface area contributed by atoms with Gasteiger partial charge in [-0.05, 0) is 57.3 Å². The third kappa shape index (κ3) is 3.85. The molecule has 152 valence electrons. The van der Waals surface area contributed by atoms with E-state index in [1.54, 1.807) is 5.38 Å². The average molecular weight is 445 g/mol. The fourth-order valence-corrected chi connectivity index (χ4v) is 6.55. The molecule has 0 amide bonds. The summed E-state index contributed by atoms with van der Waals surface area (Å²) in [6.45, 7) is 2.99. The quantitative estimate of drug-likeness (QED) is 0.670. The number of hydrogen-bond donors (Lipinski definition) is 2. The lowest BCUT2D eigenvalue weighted by atomic mass is 9.90. The van der Waals surface area contributed by atoms with E-state index in [0.717, 1.165) is 43.0 Å². The van der Waals surface area contributed by atoms with Gasteiger partial charge in [0.15, 0.2) is 5.13 Å². The van der Waals surface area contributed by atoms with Gasteiger partial charge in [-0.2, -0.15) is 0 Å². The van der Waals surface area contributed by atoms with E-state index >= 15 is 0 Å². The van der Waals surface area contributed by atoms with Gasteiger partial charge >= 0.3 is 0 Å². The van der Waals surface area contributed by atoms with Crippen LogP contribution in [0.4, 0.5) is 15.2 Å². The summed E-state index contributed by atoms with van der Waals surface area (Å²) < 4.78 is 41.7. The number of nitrogens with zero attached hydrogens (tertiary/aromatic N) is 2. The minimum absolute atomic E-state index is 0.174. The second kappa shape index (κ2) is 7.78. The predicted octanol–water partition coefficient (Wildman–Crippen LogP) is 4.17. The third-order valence-electron chi connectivity index (χ3n) is 5.68. The number of aromatic nitrogens is 1. The minimum Gasteiger partial charge on any atom is -0.384 e. The lowest BCUT2D eigenvalue weighted by Gasteiger charge is -2.32. The van der Waals surface area contributed by atoms with Gasteiger partial charge in [0.25, 0.3) is 10.0 Å². The molecule has 2 fully saturated rings. The van der Waals surface area contributed by atoms with Gasteiger partial charge in [0.05, 0.1) is 10.7 Å². The lowest BCUT2D eigenvalue weighted by Crippen LogP contribution is -2.39. The molecule has 0 aliphatic carbocycles. The van der Waals surface area contributed by atoms with Gasteiger partial charge in [-0.1, -0.05) is 11.6 Å². The Morgan fingerprint density at radius 2 is 2.04 bits per heavy atom. The maximum Gasteiger partial charge on any atom is 0.266 e. The van der Waals surface area contributed by atoms with Crippen molar-refractivity contribution in [3.05, 3.63) is 34.5 Å². The lowest BCUT2D eigenvalue weighted by molar-refractivity contribution is 0.187. The van der Waals surface area contributed by atoms with Crippen molar-refractivity contribution in [1.82, 2.24) is 9.88 Å². The highest BCUT2D eigenvalue weighted by molar-refractivity contribution is 7.93. The monoisotopic (exact) mass is 444 g/mol. The number of thiazole rings is 1. The third-order valence-corrected chi connectivity index (χ3v) is 8.17. The van der Waals surface area contributed by atoms with E-state index in [9.17, 15) is 12.8 Å². The molecule has 2 aromatic rings. The van der Waals surface area contributed by atoms with E-state index < -0.39 is 20.7 Å². The molecule has 1 aromatic heterocycles. The highest BCUT2D eigenvalue weighted by Crippen LogP contribution is 2.41. The van der Waals surface area contributed by atoms with Crippen molar-refractivity contribution in [1.29, 1.82) is 0 Å². The number of halogens is 2. The zero-order chi connectivity index (χ0) is 19.8. The van der Waals surface area contributed by atoms with Crippen LogP contribution in [-0.4, -0.2) is 43.5 Å². The first kappa shape index (κ1) is 19.9. The number of nitrogens with one attached hydrogen (secondary N) is 2. The standard InChI is InChI=1S/C18H22ClFN4O2S2/c19-13-11-16(28(25,26)23-17-22-7-10-27-17)14(20)12-15(13)21-6-5-18-3-1-8-24(18)9-2-4-18/h7,10-12,21H,1-6,8-9H2,(H,22,23). The van der Waals surface area contributed by atoms with E-state index in [4.69, 9.17) is 11.6 Å². The first-order chi connectivity index (χ1) is 13.4. The second-order valence-corrected chi connectivity index (χ2v) is 10.3. The van der Waals surface area contributed by atoms with E-state index in [1.807, 2.05) is 0 Å². The second-order valence-electron chi connectivity index (χ2n) is 7.30. The Hall–Kier alpha value is -1.42. The highest BCUT2D eigenvalue weighted by atomic mass is 35.5. The number of anilines is 2. The molecule has 0 radical (unpaired) electrons. The Kier molecular flexibility index (Phi) is 5.52. The van der Waals surface area contributed by atoms with Crippen LogP contribution >= 0.6 is 22.9 Å². The van der Waals surface area contributed by atoms with Gasteiger partial charge in [0, 0.05) is 23.7 Å². The molecule has 0 saturated carbocycles. The van der Waals surface area contributed by atoms with Gasteiger partial charge in [-0.15, -0.1) is 11.3 Å². The first-order valence-corrected chi connectivity index (χ1v) is 12.0. The molecule has 4 rings (SSSR count). The zero-order valence-corrected chi connectivity index (χ0v) is 17.6. The molecule has 2 saturated heterocycles. The number of fused-ring (bicyclic) bond motifs is 1. The molecular weight excluding hydrogens is 423 g/mol. The Morgan fingerprint density at radius 3 is 2.71 bits per heavy atom. The Bertz CT molecular complexity index is 943. The van der Waals surface area contributed by atoms with Crippen molar-refractivity contribution in [2.24, 2.45) is 0 Å². The van der Waals surface area contributed by atoms with E-state index in [2.05, 4.69) is 19.9 Å². The van der Waals surface area contributed by atoms with Gasteiger partial charge in [0.2, 0.25) is 0 Å². The maximum absolute atomic E-state index is 14.6. The summed E-state index contributed by atoms with van der Waals surface area (Å²) in [5.74, 6) is -0.850. The summed E-state index contributed by atoms with van der Waals surface area (Å²) in [4.78, 5) is 5.93. The fourth-order valence-electron chi connectivity index (χ4n) is 4.38. The minimum atomic E-state index is -4.10. The average Bonchev–Trinajstić information content (AvgIpc) is 3.34. The SMILES string of the molecule is O=S(=O)(Nc1nccs1)c1cc(Cl)c(NCCC23CCCN2CCC3)cc1F. The first-order valence-electron chi connectivity index (χ1n) is 9.30. The molecule has 0 bridgehead atoms. The van der Waals surface area contributed by atoms with Gasteiger partial charge < -0.3 is 5.32 Å². The summed E-state index contributed by atoms with van der Waals surface area (Å²) in [7, 11) is -4.10. The smallest absolute Gasteiger partial charge is 0.266 e. The number of sulfonamides is 1. The topological polar surface area (TPSA) is 74.3 Å². The predicted molar refractivity (Wildman–Crippen MR) is 110 cm³/mol. The van der Waals surface area contributed by atoms with E-state index in [0.29, 0.717) is 12.2 Å². The van der Waals surface area contributed by atoms with E-state index in [1.165, 1.54) is 31.9 Å². The highest BCUT2D eigenvalue weighted by Gasteiger charge is 2.43. The van der Waals surface area contributed by atoms with Crippen LogP contribution in [0, 0.1) is 5.82 Å². The van der Waals surface area contributed by atoms with Crippen LogP contribution in [0.5, 0.6) is 0 Å². The van der Waals surface area contributed by atoms with Crippen LogP contribution in [0.1, 0.15) is 32.1 Å². The van der Waals surface area contributed by atoms with Crippen molar-refractivity contribution < 1.29 is 12.8 Å². The molecule has 0 unspecified atom stereocenters. The van der Waals surface area contributed by atoms with Crippen LogP contribution in [0.25, 0.3) is 0 Å². The molecule has 6 nitrogen and oxygen atoms in total. The van der Waals surface area contributed by atoms with Gasteiger partial charge in [-0.3, -0.25) is 9.62 Å². The molecular formula is C18H22ClFN4O2S2. The normalized spacial score (nSPS) is 18.9. The number of benzene rings is 1. The van der Waals surface area contributed by atoms with Crippen molar-refractivity contribution in [3.63, 3.8) is 0 Å². The van der Waals surface area contributed by atoms with Crippen molar-refractivity contribution in [2.45, 2.75) is 42.5 Å². The van der Waals surface area contributed by atoms with Crippen LogP contribution in [-0.2, 0) is 10.0 Å². The Labute approximate surface area is 173 Å². The molecule has 2 N–H and O–H groups in total. The van der Waals surface area contributed by atoms with Crippen molar-refractivity contribution in [3.8, 4) is 0 Å². The number of rotatable bonds is 7. The zero-order valence-electron chi connectivity index (χ0n) is 15.2. The molecule has 28 heavy (non-hydrogen) atoms.